The Kier molecular flexibility index (Phi) is 3.12. The van der Waals surface area contributed by atoms with Gasteiger partial charge >= 0.3 is 5.97 Å². The van der Waals surface area contributed by atoms with Crippen LogP contribution in [0.4, 0.5) is 0 Å². The number of carbonyl (C=O) groups excluding carboxylic acids is 4. The summed E-state index contributed by atoms with van der Waals surface area (Å²) in [5.74, 6) is -1.21. The Balaban J connectivity index is 2.08. The number of aromatic nitrogens is 1. The second-order valence-electron chi connectivity index (χ2n) is 6.38. The first-order valence-corrected chi connectivity index (χ1v) is 8.05. The number of nitrogens with zero attached hydrogens (tertiary/aromatic N) is 2. The number of rotatable bonds is 2. The molecule has 1 aromatic rings. The molecule has 2 aliphatic carbocycles. The van der Waals surface area contributed by atoms with Crippen molar-refractivity contribution in [1.82, 2.24) is 9.47 Å². The van der Waals surface area contributed by atoms with E-state index < -0.39 is 11.9 Å². The van der Waals surface area contributed by atoms with Crippen LogP contribution in [0.3, 0.4) is 0 Å². The van der Waals surface area contributed by atoms with E-state index in [2.05, 4.69) is 0 Å². The van der Waals surface area contributed by atoms with Crippen molar-refractivity contribution in [3.8, 4) is 0 Å². The molecule has 0 atom stereocenters. The molecule has 0 saturated carbocycles. The zero-order valence-electron chi connectivity index (χ0n) is 14.1. The summed E-state index contributed by atoms with van der Waals surface area (Å²) in [6, 6.07) is 0. The Morgan fingerprint density at radius 3 is 2.36 bits per heavy atom. The summed E-state index contributed by atoms with van der Waals surface area (Å²) in [6.45, 7) is 5.67. The normalized spacial score (nSPS) is 18.2. The third kappa shape index (κ3) is 2.05. The highest BCUT2D eigenvalue weighted by Crippen LogP contribution is 2.30. The average Bonchev–Trinajstić information content (AvgIpc) is 3.18. The first-order valence-electron chi connectivity index (χ1n) is 8.05. The van der Waals surface area contributed by atoms with Gasteiger partial charge in [-0.1, -0.05) is 6.08 Å². The van der Waals surface area contributed by atoms with Crippen molar-refractivity contribution < 1.29 is 23.9 Å². The molecular weight excluding hydrogens is 324 g/mol. The van der Waals surface area contributed by atoms with E-state index in [0.29, 0.717) is 34.0 Å². The van der Waals surface area contributed by atoms with Gasteiger partial charge in [-0.15, -0.1) is 0 Å². The molecule has 1 aliphatic heterocycles. The summed E-state index contributed by atoms with van der Waals surface area (Å²) < 4.78 is 6.44. The van der Waals surface area contributed by atoms with Crippen LogP contribution in [-0.2, 0) is 9.53 Å². The minimum Gasteiger partial charge on any atom is -0.429 e. The number of Topliss-reactive ketones (excluding diaryl/α,β-unsaturated/α-hetero) is 2. The van der Waals surface area contributed by atoms with Crippen molar-refractivity contribution in [3.63, 3.8) is 0 Å². The molecule has 1 fully saturated rings. The number of esters is 1. The van der Waals surface area contributed by atoms with Crippen LogP contribution in [0.15, 0.2) is 11.3 Å². The van der Waals surface area contributed by atoms with Crippen LogP contribution < -0.4 is 10.6 Å². The highest BCUT2D eigenvalue weighted by atomic mass is 16.5. The third-order valence-electron chi connectivity index (χ3n) is 4.66. The summed E-state index contributed by atoms with van der Waals surface area (Å²) in [4.78, 5) is 51.5. The fraction of sp³-hybridized carbons (Fsp3) is 0.333. The second kappa shape index (κ2) is 5.02. The maximum atomic E-state index is 13.1. The molecule has 0 spiro atoms. The monoisotopic (exact) mass is 340 g/mol. The van der Waals surface area contributed by atoms with Gasteiger partial charge in [0, 0.05) is 44.1 Å². The lowest BCUT2D eigenvalue weighted by molar-refractivity contribution is -0.134. The molecule has 0 unspecified atom stereocenters. The number of ketones is 2. The maximum Gasteiger partial charge on any atom is 0.307 e. The number of hydrogen-bond acceptors (Lipinski definition) is 6. The highest BCUT2D eigenvalue weighted by Gasteiger charge is 2.41. The molecule has 7 nitrogen and oxygen atoms in total. The second-order valence-corrected chi connectivity index (χ2v) is 6.38. The van der Waals surface area contributed by atoms with Crippen LogP contribution in [0.5, 0.6) is 0 Å². The van der Waals surface area contributed by atoms with Gasteiger partial charge in [-0.3, -0.25) is 23.7 Å². The number of hydrogen-bond donors (Lipinski definition) is 0. The van der Waals surface area contributed by atoms with E-state index >= 15 is 0 Å². The average molecular weight is 340 g/mol. The van der Waals surface area contributed by atoms with Crippen molar-refractivity contribution >= 4 is 35.3 Å². The maximum absolute atomic E-state index is 13.1. The molecule has 1 saturated heterocycles. The Labute approximate surface area is 142 Å². The SMILES string of the molecule is CC(=O)OC1=c2c(c3c(n2C(C)=O)C(=O)C(N2CC2)=C(C)C3=O)=CC1. The summed E-state index contributed by atoms with van der Waals surface area (Å²) in [7, 11) is 0. The van der Waals surface area contributed by atoms with Crippen molar-refractivity contribution in [3.05, 3.63) is 33.1 Å². The van der Waals surface area contributed by atoms with Crippen molar-refractivity contribution in [1.29, 1.82) is 0 Å². The first kappa shape index (κ1) is 15.6. The van der Waals surface area contributed by atoms with Gasteiger partial charge < -0.3 is 9.64 Å². The summed E-state index contributed by atoms with van der Waals surface area (Å²) in [6.07, 6.45) is 2.03. The van der Waals surface area contributed by atoms with Gasteiger partial charge in [0.2, 0.25) is 11.7 Å². The van der Waals surface area contributed by atoms with E-state index in [1.807, 2.05) is 4.90 Å². The highest BCUT2D eigenvalue weighted by molar-refractivity contribution is 6.27. The van der Waals surface area contributed by atoms with Crippen LogP contribution in [-0.4, -0.2) is 46.0 Å². The van der Waals surface area contributed by atoms with Crippen LogP contribution in [0.1, 0.15) is 52.8 Å². The van der Waals surface area contributed by atoms with E-state index in [-0.39, 0.29) is 22.8 Å². The number of ether oxygens (including phenoxy) is 1. The lowest BCUT2D eigenvalue weighted by Crippen LogP contribution is -2.34. The van der Waals surface area contributed by atoms with Gasteiger partial charge in [-0.25, -0.2) is 0 Å². The Hall–Kier alpha value is -2.96. The third-order valence-corrected chi connectivity index (χ3v) is 4.66. The lowest BCUT2D eigenvalue weighted by Gasteiger charge is -2.19. The molecule has 2 heterocycles. The molecule has 3 aliphatic rings. The Morgan fingerprint density at radius 2 is 1.80 bits per heavy atom. The van der Waals surface area contributed by atoms with Crippen LogP contribution in [0, 0.1) is 0 Å². The number of allylic oxidation sites excluding steroid dienone is 2. The Morgan fingerprint density at radius 1 is 1.12 bits per heavy atom. The topological polar surface area (TPSA) is 85.5 Å². The van der Waals surface area contributed by atoms with E-state index in [4.69, 9.17) is 4.74 Å². The quantitative estimate of drug-likeness (QED) is 0.555. The van der Waals surface area contributed by atoms with Crippen molar-refractivity contribution in [2.45, 2.75) is 27.2 Å². The summed E-state index contributed by atoms with van der Waals surface area (Å²) >= 11 is 0. The minimum atomic E-state index is -0.512. The zero-order chi connectivity index (χ0) is 18.0. The van der Waals surface area contributed by atoms with Crippen molar-refractivity contribution in [2.24, 2.45) is 0 Å². The molecule has 128 valence electrons. The van der Waals surface area contributed by atoms with Gasteiger partial charge in [-0.2, -0.15) is 0 Å². The standard InChI is InChI=1S/C18H16N2O5/c1-8-14(19-6-7-19)18(24)16-13(17(8)23)11-4-5-12(25-10(3)22)15(11)20(16)9(2)21/h4H,5-7H2,1-3H3. The molecule has 0 bridgehead atoms. The summed E-state index contributed by atoms with van der Waals surface area (Å²) in [5, 5.41) is 0.846. The molecule has 0 amide bonds. The van der Waals surface area contributed by atoms with Gasteiger partial charge in [0.15, 0.2) is 5.78 Å². The molecule has 7 heteroatoms. The predicted molar refractivity (Wildman–Crippen MR) is 87.2 cm³/mol. The van der Waals surface area contributed by atoms with Crippen LogP contribution in [0.2, 0.25) is 0 Å². The smallest absolute Gasteiger partial charge is 0.307 e. The number of carbonyl (C=O) groups is 4. The molecular formula is C18H16N2O5. The fourth-order valence-corrected chi connectivity index (χ4v) is 3.61. The molecule has 4 rings (SSSR count). The first-order chi connectivity index (χ1) is 11.8. The molecule has 0 aromatic carbocycles. The molecule has 25 heavy (non-hydrogen) atoms. The fourth-order valence-electron chi connectivity index (χ4n) is 3.61. The van der Waals surface area contributed by atoms with E-state index in [9.17, 15) is 19.2 Å². The van der Waals surface area contributed by atoms with E-state index in [1.165, 1.54) is 18.4 Å². The minimum absolute atomic E-state index is 0.0793. The van der Waals surface area contributed by atoms with Crippen molar-refractivity contribution in [2.75, 3.05) is 13.1 Å². The van der Waals surface area contributed by atoms with E-state index in [1.54, 1.807) is 13.0 Å². The Bertz CT molecular complexity index is 1050. The number of fused-ring (bicyclic) bond motifs is 3. The molecule has 0 radical (unpaired) electrons. The van der Waals surface area contributed by atoms with Crippen LogP contribution >= 0.6 is 0 Å². The van der Waals surface area contributed by atoms with Gasteiger partial charge in [-0.05, 0) is 6.92 Å². The van der Waals surface area contributed by atoms with Gasteiger partial charge in [0.1, 0.15) is 11.5 Å². The zero-order valence-corrected chi connectivity index (χ0v) is 14.1. The molecule has 1 aromatic heterocycles. The largest absolute Gasteiger partial charge is 0.429 e. The summed E-state index contributed by atoms with van der Waals surface area (Å²) in [5.41, 5.74) is 1.08. The predicted octanol–water partition coefficient (Wildman–Crippen LogP) is -0.0277. The van der Waals surface area contributed by atoms with Crippen LogP contribution in [0.25, 0.3) is 11.8 Å². The van der Waals surface area contributed by atoms with Gasteiger partial charge in [0.25, 0.3) is 0 Å². The molecule has 0 N–H and O–H groups in total. The lowest BCUT2D eigenvalue weighted by atomic mass is 9.91. The van der Waals surface area contributed by atoms with E-state index in [0.717, 1.165) is 13.1 Å². The van der Waals surface area contributed by atoms with Gasteiger partial charge in [0.05, 0.1) is 16.6 Å².